The van der Waals surface area contributed by atoms with E-state index in [1.54, 1.807) is 6.07 Å². The van der Waals surface area contributed by atoms with Gasteiger partial charge in [-0.1, -0.05) is 30.3 Å². The van der Waals surface area contributed by atoms with Gasteiger partial charge in [-0.2, -0.15) is 0 Å². The van der Waals surface area contributed by atoms with Crippen LogP contribution in [-0.4, -0.2) is 11.5 Å². The summed E-state index contributed by atoms with van der Waals surface area (Å²) in [6.07, 6.45) is -4.76. The van der Waals surface area contributed by atoms with Crippen LogP contribution in [0.1, 0.15) is 5.56 Å². The van der Waals surface area contributed by atoms with Crippen LogP contribution in [0.15, 0.2) is 42.5 Å². The van der Waals surface area contributed by atoms with Crippen molar-refractivity contribution in [3.63, 3.8) is 0 Å². The van der Waals surface area contributed by atoms with Crippen molar-refractivity contribution in [2.75, 3.05) is 0 Å². The minimum absolute atomic E-state index is 0.123. The highest BCUT2D eigenvalue weighted by atomic mass is 19.4. The van der Waals surface area contributed by atoms with Crippen LogP contribution in [0.4, 0.5) is 17.6 Å². The molecule has 2 rings (SSSR count). The fraction of sp³-hybridized carbons (Fsp3) is 0.143. The highest BCUT2D eigenvalue weighted by molar-refractivity contribution is 5.65. The van der Waals surface area contributed by atoms with Gasteiger partial charge in [0.2, 0.25) is 0 Å². The lowest BCUT2D eigenvalue weighted by atomic mass is 10.0. The van der Waals surface area contributed by atoms with Crippen molar-refractivity contribution in [1.29, 1.82) is 0 Å². The first kappa shape index (κ1) is 14.3. The second kappa shape index (κ2) is 5.50. The molecule has 0 fully saturated rings. The maximum atomic E-state index is 14.0. The number of ether oxygens (including phenoxy) is 1. The Hall–Kier alpha value is -2.08. The maximum Gasteiger partial charge on any atom is 0.573 e. The van der Waals surface area contributed by atoms with Gasteiger partial charge in [-0.05, 0) is 17.7 Å². The molecule has 0 aliphatic heterocycles. The molecule has 20 heavy (non-hydrogen) atoms. The topological polar surface area (TPSA) is 29.5 Å². The predicted molar refractivity (Wildman–Crippen MR) is 64.4 cm³/mol. The summed E-state index contributed by atoms with van der Waals surface area (Å²) in [6.45, 7) is -0.449. The monoisotopic (exact) mass is 286 g/mol. The molecule has 0 aromatic heterocycles. The largest absolute Gasteiger partial charge is 0.573 e. The average molecular weight is 286 g/mol. The van der Waals surface area contributed by atoms with Gasteiger partial charge in [0.25, 0.3) is 0 Å². The Bertz CT molecular complexity index is 591. The smallest absolute Gasteiger partial charge is 0.406 e. The van der Waals surface area contributed by atoms with E-state index in [2.05, 4.69) is 4.74 Å². The van der Waals surface area contributed by atoms with Crippen molar-refractivity contribution in [2.45, 2.75) is 13.0 Å². The Kier molecular flexibility index (Phi) is 3.94. The quantitative estimate of drug-likeness (QED) is 0.868. The lowest BCUT2D eigenvalue weighted by molar-refractivity contribution is -0.274. The first-order valence-corrected chi connectivity index (χ1v) is 5.65. The SMILES string of the molecule is OCc1cccc(-c2ccc(OC(F)(F)F)cc2)c1F. The molecule has 0 atom stereocenters. The van der Waals surface area contributed by atoms with Crippen LogP contribution in [-0.2, 0) is 6.61 Å². The zero-order valence-corrected chi connectivity index (χ0v) is 10.1. The molecule has 0 radical (unpaired) electrons. The average Bonchev–Trinajstić information content (AvgIpc) is 2.38. The Morgan fingerprint density at radius 3 is 2.20 bits per heavy atom. The molecule has 2 aromatic rings. The number of aliphatic hydroxyl groups excluding tert-OH is 1. The number of hydrogen-bond donors (Lipinski definition) is 1. The summed E-state index contributed by atoms with van der Waals surface area (Å²) in [4.78, 5) is 0. The molecule has 0 aliphatic rings. The number of benzene rings is 2. The van der Waals surface area contributed by atoms with E-state index >= 15 is 0 Å². The molecule has 0 heterocycles. The van der Waals surface area contributed by atoms with Gasteiger partial charge in [-0.25, -0.2) is 4.39 Å². The number of halogens is 4. The summed E-state index contributed by atoms with van der Waals surface area (Å²) in [5.74, 6) is -0.973. The van der Waals surface area contributed by atoms with E-state index in [0.717, 1.165) is 12.1 Å². The molecule has 1 N–H and O–H groups in total. The summed E-state index contributed by atoms with van der Waals surface area (Å²) in [6, 6.07) is 9.32. The van der Waals surface area contributed by atoms with E-state index in [4.69, 9.17) is 5.11 Å². The van der Waals surface area contributed by atoms with Crippen molar-refractivity contribution < 1.29 is 27.4 Å². The molecule has 106 valence electrons. The molecule has 0 aliphatic carbocycles. The van der Waals surface area contributed by atoms with Crippen molar-refractivity contribution in [3.8, 4) is 16.9 Å². The molecular weight excluding hydrogens is 276 g/mol. The molecule has 0 spiro atoms. The van der Waals surface area contributed by atoms with Gasteiger partial charge in [-0.15, -0.1) is 13.2 Å². The number of aliphatic hydroxyl groups is 1. The second-order valence-corrected chi connectivity index (χ2v) is 4.01. The fourth-order valence-corrected chi connectivity index (χ4v) is 1.76. The Balaban J connectivity index is 2.31. The zero-order chi connectivity index (χ0) is 14.8. The molecule has 6 heteroatoms. The van der Waals surface area contributed by atoms with Crippen LogP contribution < -0.4 is 4.74 Å². The van der Waals surface area contributed by atoms with Crippen LogP contribution in [0, 0.1) is 5.82 Å². The normalized spacial score (nSPS) is 11.4. The van der Waals surface area contributed by atoms with Crippen molar-refractivity contribution >= 4 is 0 Å². The molecule has 2 nitrogen and oxygen atoms in total. The molecule has 2 aromatic carbocycles. The minimum atomic E-state index is -4.76. The fourth-order valence-electron chi connectivity index (χ4n) is 1.76. The van der Waals surface area contributed by atoms with Gasteiger partial charge in [0.05, 0.1) is 6.61 Å². The first-order valence-electron chi connectivity index (χ1n) is 5.65. The summed E-state index contributed by atoms with van der Waals surface area (Å²) in [5.41, 5.74) is 0.723. The Morgan fingerprint density at radius 2 is 1.65 bits per heavy atom. The molecule has 0 amide bonds. The summed E-state index contributed by atoms with van der Waals surface area (Å²) in [7, 11) is 0. The van der Waals surface area contributed by atoms with Gasteiger partial charge in [0.15, 0.2) is 0 Å². The second-order valence-electron chi connectivity index (χ2n) is 4.01. The molecule has 0 saturated heterocycles. The van der Waals surface area contributed by atoms with E-state index in [0.29, 0.717) is 5.56 Å². The van der Waals surface area contributed by atoms with E-state index in [1.165, 1.54) is 24.3 Å². The zero-order valence-electron chi connectivity index (χ0n) is 10.1. The van der Waals surface area contributed by atoms with E-state index in [9.17, 15) is 17.6 Å². The number of alkyl halides is 3. The van der Waals surface area contributed by atoms with Gasteiger partial charge in [-0.3, -0.25) is 0 Å². The van der Waals surface area contributed by atoms with Gasteiger partial charge in [0, 0.05) is 11.1 Å². The van der Waals surface area contributed by atoms with Crippen LogP contribution in [0.2, 0.25) is 0 Å². The molecule has 0 bridgehead atoms. The lowest BCUT2D eigenvalue weighted by Gasteiger charge is -2.10. The third-order valence-corrected chi connectivity index (χ3v) is 2.65. The van der Waals surface area contributed by atoms with E-state index in [-0.39, 0.29) is 16.9 Å². The number of rotatable bonds is 3. The summed E-state index contributed by atoms with van der Waals surface area (Å²) < 4.78 is 53.7. The molecular formula is C14H10F4O2. The van der Waals surface area contributed by atoms with Gasteiger partial charge >= 0.3 is 6.36 Å². The Labute approximate surface area is 112 Å². The molecule has 0 unspecified atom stereocenters. The van der Waals surface area contributed by atoms with E-state index < -0.39 is 18.8 Å². The first-order chi connectivity index (χ1) is 9.40. The van der Waals surface area contributed by atoms with Crippen LogP contribution in [0.3, 0.4) is 0 Å². The third-order valence-electron chi connectivity index (χ3n) is 2.65. The predicted octanol–water partition coefficient (Wildman–Crippen LogP) is 3.88. The highest BCUT2D eigenvalue weighted by Gasteiger charge is 2.30. The van der Waals surface area contributed by atoms with Crippen molar-refractivity contribution in [2.24, 2.45) is 0 Å². The standard InChI is InChI=1S/C14H10F4O2/c15-13-10(8-19)2-1-3-12(13)9-4-6-11(7-5-9)20-14(16,17)18/h1-7,19H,8H2. The van der Waals surface area contributed by atoms with Crippen LogP contribution >= 0.6 is 0 Å². The van der Waals surface area contributed by atoms with Crippen LogP contribution in [0.25, 0.3) is 11.1 Å². The van der Waals surface area contributed by atoms with Crippen LogP contribution in [0.5, 0.6) is 5.75 Å². The van der Waals surface area contributed by atoms with Crippen molar-refractivity contribution in [1.82, 2.24) is 0 Å². The highest BCUT2D eigenvalue weighted by Crippen LogP contribution is 2.28. The minimum Gasteiger partial charge on any atom is -0.406 e. The number of hydrogen-bond acceptors (Lipinski definition) is 2. The summed E-state index contributed by atoms with van der Waals surface area (Å²) in [5, 5.41) is 8.98. The lowest BCUT2D eigenvalue weighted by Crippen LogP contribution is -2.16. The van der Waals surface area contributed by atoms with Gasteiger partial charge in [0.1, 0.15) is 11.6 Å². The van der Waals surface area contributed by atoms with E-state index in [1.807, 2.05) is 0 Å². The van der Waals surface area contributed by atoms with Crippen molar-refractivity contribution in [3.05, 3.63) is 53.8 Å². The van der Waals surface area contributed by atoms with Gasteiger partial charge < -0.3 is 9.84 Å². The third kappa shape index (κ3) is 3.27. The Morgan fingerprint density at radius 1 is 1.00 bits per heavy atom. The summed E-state index contributed by atoms with van der Waals surface area (Å²) >= 11 is 0. The maximum absolute atomic E-state index is 14.0. The molecule has 0 saturated carbocycles.